The monoisotopic (exact) mass is 804 g/mol. The molecule has 0 saturated carbocycles. The number of aromatic nitrogens is 6. The van der Waals surface area contributed by atoms with E-state index in [4.69, 9.17) is 15.0 Å². The lowest BCUT2D eigenvalue weighted by atomic mass is 10.1. The van der Waals surface area contributed by atoms with Crippen LogP contribution in [-0.4, -0.2) is 28.7 Å². The quantitative estimate of drug-likeness (QED) is 0.168. The standard InChI is InChI=1S/C57H36N6/c1-3-16-37(17-4-1)55-58-56(60-57(59-55)39-18-15-21-42(36-39)61-49-26-11-7-22-43(49)44-23-8-12-27-50(44)61)38-30-32-41(33-31-38)63-52-29-14-10-25-46(52)48-35-34-47-45-24-9-13-28-51(45)62(53(47)54(48)63)40-19-5-2-6-20-40/h1-36H. The molecule has 0 aliphatic carbocycles. The molecule has 0 aliphatic heterocycles. The summed E-state index contributed by atoms with van der Waals surface area (Å²) in [5.74, 6) is 1.85. The number of fused-ring (bicyclic) bond motifs is 10. The fraction of sp³-hybridized carbons (Fsp3) is 0. The molecule has 4 heterocycles. The average Bonchev–Trinajstić information content (AvgIpc) is 4.00. The predicted octanol–water partition coefficient (Wildman–Crippen LogP) is 14.2. The molecule has 63 heavy (non-hydrogen) atoms. The predicted molar refractivity (Wildman–Crippen MR) is 259 cm³/mol. The second kappa shape index (κ2) is 14.0. The summed E-state index contributed by atoms with van der Waals surface area (Å²) >= 11 is 0. The Morgan fingerprint density at radius 2 is 0.603 bits per heavy atom. The van der Waals surface area contributed by atoms with Crippen molar-refractivity contribution < 1.29 is 0 Å². The highest BCUT2D eigenvalue weighted by Crippen LogP contribution is 2.42. The van der Waals surface area contributed by atoms with E-state index in [1.807, 2.05) is 18.2 Å². The Kier molecular flexibility index (Phi) is 7.80. The van der Waals surface area contributed by atoms with Crippen molar-refractivity contribution in [2.45, 2.75) is 0 Å². The molecule has 0 atom stereocenters. The van der Waals surface area contributed by atoms with Crippen LogP contribution in [0.3, 0.4) is 0 Å². The highest BCUT2D eigenvalue weighted by molar-refractivity contribution is 6.23. The fourth-order valence-electron chi connectivity index (χ4n) is 9.71. The summed E-state index contributed by atoms with van der Waals surface area (Å²) in [4.78, 5) is 15.4. The van der Waals surface area contributed by atoms with Gasteiger partial charge in [-0.15, -0.1) is 0 Å². The third-order valence-electron chi connectivity index (χ3n) is 12.5. The van der Waals surface area contributed by atoms with Crippen LogP contribution in [-0.2, 0) is 0 Å². The topological polar surface area (TPSA) is 53.5 Å². The van der Waals surface area contributed by atoms with Gasteiger partial charge in [0.05, 0.1) is 33.1 Å². The lowest BCUT2D eigenvalue weighted by Crippen LogP contribution is -2.01. The van der Waals surface area contributed by atoms with E-state index in [1.165, 1.54) is 48.9 Å². The van der Waals surface area contributed by atoms with Crippen molar-refractivity contribution in [2.24, 2.45) is 0 Å². The van der Waals surface area contributed by atoms with Crippen molar-refractivity contribution in [3.63, 3.8) is 0 Å². The smallest absolute Gasteiger partial charge is 0.164 e. The van der Waals surface area contributed by atoms with Crippen LogP contribution in [0.5, 0.6) is 0 Å². The minimum absolute atomic E-state index is 0.612. The number of nitrogens with zero attached hydrogens (tertiary/aromatic N) is 6. The molecule has 13 rings (SSSR count). The maximum Gasteiger partial charge on any atom is 0.164 e. The van der Waals surface area contributed by atoms with Crippen LogP contribution in [0, 0.1) is 0 Å². The first kappa shape index (κ1) is 35.2. The van der Waals surface area contributed by atoms with Gasteiger partial charge in [0.25, 0.3) is 0 Å². The summed E-state index contributed by atoms with van der Waals surface area (Å²) in [5.41, 5.74) is 13.0. The minimum Gasteiger partial charge on any atom is -0.309 e. The number of hydrogen-bond donors (Lipinski definition) is 0. The van der Waals surface area contributed by atoms with Gasteiger partial charge in [-0.05, 0) is 72.8 Å². The van der Waals surface area contributed by atoms with E-state index in [0.29, 0.717) is 17.5 Å². The Morgan fingerprint density at radius 1 is 0.238 bits per heavy atom. The Hall–Kier alpha value is -8.61. The van der Waals surface area contributed by atoms with E-state index in [2.05, 4.69) is 214 Å². The first-order valence-corrected chi connectivity index (χ1v) is 21.3. The van der Waals surface area contributed by atoms with E-state index < -0.39 is 0 Å². The zero-order chi connectivity index (χ0) is 41.4. The molecule has 6 nitrogen and oxygen atoms in total. The lowest BCUT2D eigenvalue weighted by Gasteiger charge is -2.13. The summed E-state index contributed by atoms with van der Waals surface area (Å²) < 4.78 is 7.17. The van der Waals surface area contributed by atoms with Gasteiger partial charge in [-0.2, -0.15) is 0 Å². The van der Waals surface area contributed by atoms with Crippen molar-refractivity contribution in [1.29, 1.82) is 0 Å². The third kappa shape index (κ3) is 5.48. The fourth-order valence-corrected chi connectivity index (χ4v) is 9.71. The van der Waals surface area contributed by atoms with Crippen LogP contribution in [0.4, 0.5) is 0 Å². The Balaban J connectivity index is 0.988. The maximum absolute atomic E-state index is 5.21. The van der Waals surface area contributed by atoms with Crippen molar-refractivity contribution in [1.82, 2.24) is 28.7 Å². The van der Waals surface area contributed by atoms with Gasteiger partial charge in [-0.1, -0.05) is 146 Å². The number of para-hydroxylation sites is 5. The van der Waals surface area contributed by atoms with Gasteiger partial charge in [0, 0.05) is 66.1 Å². The van der Waals surface area contributed by atoms with Gasteiger partial charge in [0.15, 0.2) is 17.5 Å². The highest BCUT2D eigenvalue weighted by atomic mass is 15.1. The molecule has 6 heteroatoms. The van der Waals surface area contributed by atoms with Crippen LogP contribution in [0.1, 0.15) is 0 Å². The van der Waals surface area contributed by atoms with E-state index in [1.54, 1.807) is 0 Å². The molecule has 0 bridgehead atoms. The minimum atomic E-state index is 0.612. The van der Waals surface area contributed by atoms with Crippen LogP contribution < -0.4 is 0 Å². The van der Waals surface area contributed by atoms with Gasteiger partial charge in [0.1, 0.15) is 0 Å². The maximum atomic E-state index is 5.21. The average molecular weight is 805 g/mol. The Morgan fingerprint density at radius 3 is 1.13 bits per heavy atom. The van der Waals surface area contributed by atoms with E-state index in [-0.39, 0.29) is 0 Å². The molecule has 294 valence electrons. The molecule has 0 radical (unpaired) electrons. The summed E-state index contributed by atoms with van der Waals surface area (Å²) in [5, 5.41) is 7.31. The second-order valence-electron chi connectivity index (χ2n) is 16.0. The molecule has 0 saturated heterocycles. The summed E-state index contributed by atoms with van der Waals surface area (Å²) in [6.45, 7) is 0. The molecule has 0 amide bonds. The van der Waals surface area contributed by atoms with Crippen LogP contribution in [0.15, 0.2) is 218 Å². The first-order valence-electron chi connectivity index (χ1n) is 21.3. The number of hydrogen-bond acceptors (Lipinski definition) is 3. The van der Waals surface area contributed by atoms with Gasteiger partial charge >= 0.3 is 0 Å². The number of benzene rings is 9. The van der Waals surface area contributed by atoms with Gasteiger partial charge < -0.3 is 13.7 Å². The SMILES string of the molecule is c1ccc(-c2nc(-c3ccc(-n4c5ccccc5c5ccc6c7ccccc7n(-c7ccccc7)c6c54)cc3)nc(-c3cccc(-n4c5ccccc5c5ccccc54)c3)n2)cc1. The van der Waals surface area contributed by atoms with Crippen LogP contribution >= 0.6 is 0 Å². The molecule has 0 unspecified atom stereocenters. The van der Waals surface area contributed by atoms with E-state index in [0.717, 1.165) is 50.3 Å². The molecule has 4 aromatic heterocycles. The molecule has 13 aromatic rings. The molecule has 0 aliphatic rings. The van der Waals surface area contributed by atoms with Gasteiger partial charge in [-0.25, -0.2) is 15.0 Å². The van der Waals surface area contributed by atoms with Gasteiger partial charge in [-0.3, -0.25) is 0 Å². The molecule has 9 aromatic carbocycles. The summed E-state index contributed by atoms with van der Waals surface area (Å²) in [7, 11) is 0. The molecular formula is C57H36N6. The largest absolute Gasteiger partial charge is 0.309 e. The molecule has 0 spiro atoms. The second-order valence-corrected chi connectivity index (χ2v) is 16.0. The van der Waals surface area contributed by atoms with Crippen LogP contribution in [0.25, 0.3) is 117 Å². The van der Waals surface area contributed by atoms with Crippen molar-refractivity contribution in [3.05, 3.63) is 218 Å². The zero-order valence-corrected chi connectivity index (χ0v) is 34.0. The van der Waals surface area contributed by atoms with Crippen molar-refractivity contribution >= 4 is 65.4 Å². The first-order chi connectivity index (χ1) is 31.3. The molecular weight excluding hydrogens is 769 g/mol. The molecule has 0 fully saturated rings. The molecule has 0 N–H and O–H groups in total. The number of rotatable bonds is 6. The van der Waals surface area contributed by atoms with Gasteiger partial charge in [0.2, 0.25) is 0 Å². The zero-order valence-electron chi connectivity index (χ0n) is 34.0. The van der Waals surface area contributed by atoms with E-state index >= 15 is 0 Å². The highest BCUT2D eigenvalue weighted by Gasteiger charge is 2.22. The Bertz CT molecular complexity index is 3840. The van der Waals surface area contributed by atoms with Crippen molar-refractivity contribution in [3.8, 4) is 51.2 Å². The lowest BCUT2D eigenvalue weighted by molar-refractivity contribution is 1.07. The van der Waals surface area contributed by atoms with Crippen molar-refractivity contribution in [2.75, 3.05) is 0 Å². The summed E-state index contributed by atoms with van der Waals surface area (Å²) in [6, 6.07) is 77.3. The normalized spacial score (nSPS) is 11.8. The third-order valence-corrected chi connectivity index (χ3v) is 12.5. The van der Waals surface area contributed by atoms with E-state index in [9.17, 15) is 0 Å². The summed E-state index contributed by atoms with van der Waals surface area (Å²) in [6.07, 6.45) is 0. The Labute approximate surface area is 362 Å². The van der Waals surface area contributed by atoms with Crippen LogP contribution in [0.2, 0.25) is 0 Å².